The predicted octanol–water partition coefficient (Wildman–Crippen LogP) is 4.00. The molecule has 1 saturated heterocycles. The van der Waals surface area contributed by atoms with Crippen LogP contribution >= 0.6 is 0 Å². The molecule has 4 fully saturated rings. The third kappa shape index (κ3) is 8.06. The van der Waals surface area contributed by atoms with Crippen LogP contribution in [0.2, 0.25) is 0 Å². The highest BCUT2D eigenvalue weighted by Crippen LogP contribution is 2.65. The number of sulfonamides is 1. The van der Waals surface area contributed by atoms with Crippen molar-refractivity contribution in [3.8, 4) is 0 Å². The zero-order valence-electron chi connectivity index (χ0n) is 29.5. The quantitative estimate of drug-likeness (QED) is 0.217. The van der Waals surface area contributed by atoms with Gasteiger partial charge in [0, 0.05) is 17.7 Å². The maximum absolute atomic E-state index is 14.0. The van der Waals surface area contributed by atoms with E-state index in [1.807, 2.05) is 12.1 Å². The Hall–Kier alpha value is -3.26. The van der Waals surface area contributed by atoms with Gasteiger partial charge < -0.3 is 25.3 Å². The lowest BCUT2D eigenvalue weighted by molar-refractivity contribution is -0.199. The van der Waals surface area contributed by atoms with Gasteiger partial charge in [-0.05, 0) is 104 Å². The molecule has 4 aliphatic rings. The van der Waals surface area contributed by atoms with E-state index in [4.69, 9.17) is 14.4 Å². The second-order valence-corrected chi connectivity index (χ2v) is 16.7. The summed E-state index contributed by atoms with van der Waals surface area (Å²) in [7, 11) is -4.58. The Morgan fingerprint density at radius 1 is 0.959 bits per heavy atom. The van der Waals surface area contributed by atoms with Crippen molar-refractivity contribution in [1.29, 1.82) is 0 Å². The van der Waals surface area contributed by atoms with Gasteiger partial charge in [0.25, 0.3) is 11.8 Å². The average molecular weight is 695 g/mol. The van der Waals surface area contributed by atoms with Gasteiger partial charge in [-0.25, -0.2) is 13.6 Å². The smallest absolute Gasteiger partial charge is 0.404 e. The topological polar surface area (TPSA) is 166 Å². The van der Waals surface area contributed by atoms with Crippen LogP contribution in [0.15, 0.2) is 53.4 Å². The van der Waals surface area contributed by atoms with Crippen LogP contribution in [0.1, 0.15) is 99.9 Å². The monoisotopic (exact) mass is 694 g/mol. The lowest BCUT2D eigenvalue weighted by atomic mass is 9.43. The summed E-state index contributed by atoms with van der Waals surface area (Å²) in [6, 6.07) is 11.3. The van der Waals surface area contributed by atoms with Gasteiger partial charge in [-0.2, -0.15) is 0 Å². The zero-order chi connectivity index (χ0) is 35.7. The van der Waals surface area contributed by atoms with Crippen LogP contribution in [0.25, 0.3) is 0 Å². The summed E-state index contributed by atoms with van der Waals surface area (Å²) in [5.74, 6) is -0.836. The number of nitrogens with one attached hydrogen (secondary N) is 3. The van der Waals surface area contributed by atoms with Crippen molar-refractivity contribution in [3.63, 3.8) is 0 Å². The molecule has 0 aromatic heterocycles. The van der Waals surface area contributed by atoms with E-state index in [-0.39, 0.29) is 34.4 Å². The summed E-state index contributed by atoms with van der Waals surface area (Å²) in [4.78, 5) is 40.4. The highest BCUT2D eigenvalue weighted by molar-refractivity contribution is 7.89. The first-order chi connectivity index (χ1) is 23.0. The van der Waals surface area contributed by atoms with Crippen LogP contribution in [0.4, 0.5) is 0 Å². The van der Waals surface area contributed by atoms with Crippen molar-refractivity contribution in [3.05, 3.63) is 65.2 Å². The standard InChI is InChI=1S/C36H51BN4O7S/c1-7-8-9-23-10-12-25(13-11-23)33(43)40-28(21-39-32(42)24-14-16-27(17-15-24)49(38,45)46)34(44)41-31(18-22(2)3)37-47-30-20-26-19-29(35(26,4)5)36(30,6)48-37/h10-17,22,26,28-31H,7-9,18-21H2,1-6H3,(H,39,42)(H,40,43)(H,41,44)(H2,38,45,46)/t26-,28-,29-,30+,31-,36-/m0/s1. The molecule has 0 spiro atoms. The molecule has 5 N–H and O–H groups in total. The molecule has 1 aliphatic heterocycles. The second kappa shape index (κ2) is 14.5. The van der Waals surface area contributed by atoms with Gasteiger partial charge in [0.2, 0.25) is 15.9 Å². The molecule has 2 aromatic carbocycles. The normalized spacial score (nSPS) is 25.1. The number of aryl methyl sites for hydroxylation is 1. The molecular weight excluding hydrogens is 643 g/mol. The van der Waals surface area contributed by atoms with Crippen LogP contribution in [-0.2, 0) is 30.5 Å². The Morgan fingerprint density at radius 3 is 2.18 bits per heavy atom. The maximum atomic E-state index is 14.0. The van der Waals surface area contributed by atoms with E-state index in [0.29, 0.717) is 23.8 Å². The Morgan fingerprint density at radius 2 is 1.59 bits per heavy atom. The minimum Gasteiger partial charge on any atom is -0.404 e. The number of carbonyl (C=O) groups is 3. The molecule has 2 bridgehead atoms. The highest BCUT2D eigenvalue weighted by atomic mass is 32.2. The third-order valence-corrected chi connectivity index (χ3v) is 11.8. The molecule has 13 heteroatoms. The molecule has 3 aliphatic carbocycles. The first kappa shape index (κ1) is 37.0. The van der Waals surface area contributed by atoms with Crippen molar-refractivity contribution in [2.24, 2.45) is 28.3 Å². The first-order valence-electron chi connectivity index (χ1n) is 17.5. The van der Waals surface area contributed by atoms with Crippen molar-refractivity contribution in [1.82, 2.24) is 16.0 Å². The molecule has 0 unspecified atom stereocenters. The van der Waals surface area contributed by atoms with E-state index in [9.17, 15) is 22.8 Å². The molecule has 266 valence electrons. The van der Waals surface area contributed by atoms with Crippen molar-refractivity contribution < 1.29 is 32.1 Å². The molecular formula is C36H51BN4O7S. The fourth-order valence-corrected chi connectivity index (χ4v) is 8.36. The van der Waals surface area contributed by atoms with E-state index in [0.717, 1.165) is 37.7 Å². The number of hydrogen-bond acceptors (Lipinski definition) is 7. The van der Waals surface area contributed by atoms with E-state index in [1.54, 1.807) is 12.1 Å². The van der Waals surface area contributed by atoms with E-state index < -0.39 is 52.4 Å². The number of amides is 3. The summed E-state index contributed by atoms with van der Waals surface area (Å²) >= 11 is 0. The number of carbonyl (C=O) groups excluding carboxylic acids is 3. The molecule has 3 saturated carbocycles. The average Bonchev–Trinajstić information content (AvgIpc) is 3.42. The zero-order valence-corrected chi connectivity index (χ0v) is 30.3. The number of hydrogen-bond donors (Lipinski definition) is 4. The lowest BCUT2D eigenvalue weighted by Crippen LogP contribution is -2.65. The number of primary sulfonamides is 1. The highest BCUT2D eigenvalue weighted by Gasteiger charge is 2.68. The van der Waals surface area contributed by atoms with E-state index >= 15 is 0 Å². The van der Waals surface area contributed by atoms with Crippen LogP contribution in [0.5, 0.6) is 0 Å². The molecule has 0 radical (unpaired) electrons. The van der Waals surface area contributed by atoms with Gasteiger partial charge in [0.05, 0.1) is 22.5 Å². The molecule has 3 amide bonds. The number of rotatable bonds is 14. The Kier molecular flexibility index (Phi) is 11.0. The number of unbranched alkanes of at least 4 members (excludes halogenated alkanes) is 1. The molecule has 1 heterocycles. The van der Waals surface area contributed by atoms with Gasteiger partial charge in [0.1, 0.15) is 6.04 Å². The Bertz CT molecular complexity index is 1630. The predicted molar refractivity (Wildman–Crippen MR) is 188 cm³/mol. The van der Waals surface area contributed by atoms with Crippen molar-refractivity contribution in [2.75, 3.05) is 6.54 Å². The van der Waals surface area contributed by atoms with Gasteiger partial charge in [-0.15, -0.1) is 0 Å². The minimum atomic E-state index is -3.93. The van der Waals surface area contributed by atoms with Crippen molar-refractivity contribution in [2.45, 2.75) is 109 Å². The van der Waals surface area contributed by atoms with Crippen molar-refractivity contribution >= 4 is 34.9 Å². The number of nitrogens with two attached hydrogens (primary N) is 1. The van der Waals surface area contributed by atoms with Gasteiger partial charge in [-0.3, -0.25) is 14.4 Å². The fraction of sp³-hybridized carbons (Fsp3) is 0.583. The summed E-state index contributed by atoms with van der Waals surface area (Å²) < 4.78 is 36.6. The summed E-state index contributed by atoms with van der Waals surface area (Å²) in [6.07, 6.45) is 5.57. The van der Waals surface area contributed by atoms with Gasteiger partial charge >= 0.3 is 7.12 Å². The third-order valence-electron chi connectivity index (χ3n) is 10.9. The SMILES string of the molecule is CCCCc1ccc(C(=O)N[C@@H](CNC(=O)c2ccc(S(N)(=O)=O)cc2)C(=O)N[C@@H](CC(C)C)B2O[C@@H]3C[C@@H]4C[C@@H](C4(C)C)[C@]3(C)O2)cc1. The van der Waals surface area contributed by atoms with Crippen LogP contribution in [0, 0.1) is 23.2 Å². The molecule has 2 aromatic rings. The van der Waals surface area contributed by atoms with Crippen LogP contribution in [0.3, 0.4) is 0 Å². The minimum absolute atomic E-state index is 0.0587. The molecule has 49 heavy (non-hydrogen) atoms. The largest absolute Gasteiger partial charge is 0.481 e. The molecule has 6 atom stereocenters. The fourth-order valence-electron chi connectivity index (χ4n) is 7.85. The maximum Gasteiger partial charge on any atom is 0.481 e. The first-order valence-corrected chi connectivity index (χ1v) is 19.0. The van der Waals surface area contributed by atoms with Crippen LogP contribution in [-0.4, -0.2) is 63.5 Å². The Labute approximate surface area is 291 Å². The van der Waals surface area contributed by atoms with Gasteiger partial charge in [-0.1, -0.05) is 53.2 Å². The van der Waals surface area contributed by atoms with E-state index in [1.165, 1.54) is 24.3 Å². The van der Waals surface area contributed by atoms with E-state index in [2.05, 4.69) is 57.5 Å². The summed E-state index contributed by atoms with van der Waals surface area (Å²) in [5.41, 5.74) is 1.40. The Balaban J connectivity index is 1.32. The molecule has 11 nitrogen and oxygen atoms in total. The lowest BCUT2D eigenvalue weighted by Gasteiger charge is -2.64. The second-order valence-electron chi connectivity index (χ2n) is 15.2. The summed E-state index contributed by atoms with van der Waals surface area (Å²) in [5, 5.41) is 13.8. The summed E-state index contributed by atoms with van der Waals surface area (Å²) in [6.45, 7) is 12.8. The van der Waals surface area contributed by atoms with Crippen LogP contribution < -0.4 is 21.1 Å². The number of benzene rings is 2. The van der Waals surface area contributed by atoms with Gasteiger partial charge in [0.15, 0.2) is 0 Å². The molecule has 6 rings (SSSR count).